The summed E-state index contributed by atoms with van der Waals surface area (Å²) in [5.74, 6) is -0.492. The molecule has 0 spiro atoms. The molecule has 1 amide bonds. The van der Waals surface area contributed by atoms with E-state index in [2.05, 4.69) is 15.5 Å². The van der Waals surface area contributed by atoms with Crippen LogP contribution in [0.3, 0.4) is 0 Å². The molecule has 0 aliphatic carbocycles. The van der Waals surface area contributed by atoms with Crippen molar-refractivity contribution in [2.24, 2.45) is 0 Å². The predicted molar refractivity (Wildman–Crippen MR) is 80.5 cm³/mol. The molecule has 23 heavy (non-hydrogen) atoms. The van der Waals surface area contributed by atoms with Crippen molar-refractivity contribution in [1.82, 2.24) is 10.2 Å². The van der Waals surface area contributed by atoms with Gasteiger partial charge < -0.3 is 5.32 Å². The minimum Gasteiger partial charge on any atom is -0.321 e. The number of hydrogen-bond donors (Lipinski definition) is 1. The molecule has 1 heterocycles. The van der Waals surface area contributed by atoms with Crippen LogP contribution in [0.25, 0.3) is 0 Å². The quantitative estimate of drug-likeness (QED) is 0.891. The number of halogens is 4. The van der Waals surface area contributed by atoms with Gasteiger partial charge in [-0.15, -0.1) is 5.10 Å². The molecule has 2 aromatic rings. The van der Waals surface area contributed by atoms with Gasteiger partial charge in [0.1, 0.15) is 0 Å². The molecule has 1 aromatic heterocycles. The van der Waals surface area contributed by atoms with Gasteiger partial charge in [-0.25, -0.2) is 0 Å². The molecular weight excluding hydrogens is 331 g/mol. The fraction of sp³-hybridized carbons (Fsp3) is 0.267. The Labute approximate surface area is 135 Å². The Morgan fingerprint density at radius 3 is 2.39 bits per heavy atom. The highest BCUT2D eigenvalue weighted by Gasteiger charge is 2.33. The van der Waals surface area contributed by atoms with Crippen LogP contribution in [0.2, 0.25) is 5.02 Å². The molecule has 0 saturated carbocycles. The van der Waals surface area contributed by atoms with Crippen molar-refractivity contribution < 1.29 is 18.0 Å². The van der Waals surface area contributed by atoms with Gasteiger partial charge in [-0.1, -0.05) is 25.4 Å². The summed E-state index contributed by atoms with van der Waals surface area (Å²) in [4.78, 5) is 12.0. The van der Waals surface area contributed by atoms with Crippen molar-refractivity contribution in [3.05, 3.63) is 52.3 Å². The van der Waals surface area contributed by atoms with Gasteiger partial charge in [0.25, 0.3) is 5.91 Å². The Balaban J connectivity index is 2.20. The first kappa shape index (κ1) is 17.2. The molecule has 0 atom stereocenters. The normalized spacial score (nSPS) is 11.6. The second kappa shape index (κ2) is 6.54. The van der Waals surface area contributed by atoms with Gasteiger partial charge in [0, 0.05) is 5.69 Å². The summed E-state index contributed by atoms with van der Waals surface area (Å²) in [6.07, 6.45) is -4.60. The Hall–Kier alpha value is -2.15. The van der Waals surface area contributed by atoms with Crippen molar-refractivity contribution in [3.8, 4) is 0 Å². The minimum absolute atomic E-state index is 0.0120. The summed E-state index contributed by atoms with van der Waals surface area (Å²) in [7, 11) is 0. The number of aromatic nitrogens is 2. The SMILES string of the molecule is CC(C)c1ccc(C(=O)Nc2ccc(Cl)c(C(F)(F)F)c2)nn1. The van der Waals surface area contributed by atoms with Gasteiger partial charge in [0.2, 0.25) is 0 Å². The average molecular weight is 344 g/mol. The van der Waals surface area contributed by atoms with Crippen LogP contribution in [0.1, 0.15) is 41.5 Å². The topological polar surface area (TPSA) is 54.9 Å². The van der Waals surface area contributed by atoms with Crippen LogP contribution < -0.4 is 5.32 Å². The fourth-order valence-corrected chi connectivity index (χ4v) is 2.01. The van der Waals surface area contributed by atoms with Gasteiger partial charge in [-0.05, 0) is 36.2 Å². The lowest BCUT2D eigenvalue weighted by atomic mass is 10.1. The number of amides is 1. The van der Waals surface area contributed by atoms with Crippen molar-refractivity contribution in [2.75, 3.05) is 5.32 Å². The molecule has 122 valence electrons. The molecule has 0 unspecified atom stereocenters. The van der Waals surface area contributed by atoms with E-state index >= 15 is 0 Å². The van der Waals surface area contributed by atoms with Gasteiger partial charge in [-0.2, -0.15) is 18.3 Å². The Morgan fingerprint density at radius 1 is 1.17 bits per heavy atom. The third kappa shape index (κ3) is 4.19. The molecular formula is C15H13ClF3N3O. The number of nitrogens with zero attached hydrogens (tertiary/aromatic N) is 2. The van der Waals surface area contributed by atoms with Crippen LogP contribution in [0, 0.1) is 0 Å². The number of rotatable bonds is 3. The zero-order valence-electron chi connectivity index (χ0n) is 12.3. The molecule has 0 saturated heterocycles. The average Bonchev–Trinajstić information content (AvgIpc) is 2.48. The zero-order valence-corrected chi connectivity index (χ0v) is 13.0. The van der Waals surface area contributed by atoms with Gasteiger partial charge in [0.15, 0.2) is 5.69 Å². The first-order valence-corrected chi connectivity index (χ1v) is 7.08. The molecule has 1 aromatic carbocycles. The van der Waals surface area contributed by atoms with Crippen LogP contribution >= 0.6 is 11.6 Å². The van der Waals surface area contributed by atoms with Crippen molar-refractivity contribution in [2.45, 2.75) is 25.9 Å². The third-order valence-corrected chi connectivity index (χ3v) is 3.37. The number of anilines is 1. The van der Waals surface area contributed by atoms with E-state index in [0.717, 1.165) is 12.1 Å². The van der Waals surface area contributed by atoms with E-state index in [1.54, 1.807) is 6.07 Å². The second-order valence-corrected chi connectivity index (χ2v) is 5.55. The molecule has 1 N–H and O–H groups in total. The monoisotopic (exact) mass is 343 g/mol. The summed E-state index contributed by atoms with van der Waals surface area (Å²) in [6.45, 7) is 3.85. The summed E-state index contributed by atoms with van der Waals surface area (Å²) >= 11 is 5.53. The molecule has 4 nitrogen and oxygen atoms in total. The Morgan fingerprint density at radius 2 is 1.87 bits per heavy atom. The smallest absolute Gasteiger partial charge is 0.321 e. The molecule has 8 heteroatoms. The molecule has 0 bridgehead atoms. The lowest BCUT2D eigenvalue weighted by molar-refractivity contribution is -0.137. The maximum atomic E-state index is 12.8. The molecule has 0 fully saturated rings. The molecule has 0 aliphatic rings. The minimum atomic E-state index is -4.60. The maximum absolute atomic E-state index is 12.8. The summed E-state index contributed by atoms with van der Waals surface area (Å²) < 4.78 is 38.4. The Kier molecular flexibility index (Phi) is 4.89. The van der Waals surface area contributed by atoms with E-state index in [4.69, 9.17) is 11.6 Å². The van der Waals surface area contributed by atoms with Gasteiger partial charge in [-0.3, -0.25) is 4.79 Å². The van der Waals surface area contributed by atoms with Crippen LogP contribution in [-0.2, 0) is 6.18 Å². The molecule has 0 radical (unpaired) electrons. The van der Waals surface area contributed by atoms with Gasteiger partial charge in [0.05, 0.1) is 16.3 Å². The summed E-state index contributed by atoms with van der Waals surface area (Å²) in [5, 5.41) is 9.59. The highest BCUT2D eigenvalue weighted by molar-refractivity contribution is 6.31. The summed E-state index contributed by atoms with van der Waals surface area (Å²) in [5.41, 5.74) is -0.315. The first-order chi connectivity index (χ1) is 10.7. The van der Waals surface area contributed by atoms with E-state index in [1.165, 1.54) is 12.1 Å². The Bertz CT molecular complexity index is 715. The van der Waals surface area contributed by atoms with E-state index < -0.39 is 22.7 Å². The van der Waals surface area contributed by atoms with E-state index in [0.29, 0.717) is 5.69 Å². The largest absolute Gasteiger partial charge is 0.417 e. The number of carbonyl (C=O) groups excluding carboxylic acids is 1. The van der Waals surface area contributed by atoms with Crippen LogP contribution in [0.15, 0.2) is 30.3 Å². The van der Waals surface area contributed by atoms with Crippen molar-refractivity contribution in [1.29, 1.82) is 0 Å². The highest BCUT2D eigenvalue weighted by Crippen LogP contribution is 2.36. The van der Waals surface area contributed by atoms with Crippen molar-refractivity contribution >= 4 is 23.2 Å². The second-order valence-electron chi connectivity index (χ2n) is 5.14. The standard InChI is InChI=1S/C15H13ClF3N3O/c1-8(2)12-5-6-13(22-21-12)14(23)20-9-3-4-11(16)10(7-9)15(17,18)19/h3-8H,1-2H3,(H,20,23). The lowest BCUT2D eigenvalue weighted by Crippen LogP contribution is -2.16. The van der Waals surface area contributed by atoms with Gasteiger partial charge >= 0.3 is 6.18 Å². The highest BCUT2D eigenvalue weighted by atomic mass is 35.5. The zero-order chi connectivity index (χ0) is 17.2. The predicted octanol–water partition coefficient (Wildman–Crippen LogP) is 4.52. The van der Waals surface area contributed by atoms with E-state index in [-0.39, 0.29) is 17.3 Å². The molecule has 0 aliphatic heterocycles. The maximum Gasteiger partial charge on any atom is 0.417 e. The van der Waals surface area contributed by atoms with Crippen LogP contribution in [0.5, 0.6) is 0 Å². The number of carbonyl (C=O) groups is 1. The fourth-order valence-electron chi connectivity index (χ4n) is 1.79. The summed E-state index contributed by atoms with van der Waals surface area (Å²) in [6, 6.07) is 6.25. The number of benzene rings is 1. The first-order valence-electron chi connectivity index (χ1n) is 6.70. The lowest BCUT2D eigenvalue weighted by Gasteiger charge is -2.11. The number of alkyl halides is 3. The number of hydrogen-bond acceptors (Lipinski definition) is 3. The van der Waals surface area contributed by atoms with Crippen molar-refractivity contribution in [3.63, 3.8) is 0 Å². The number of nitrogens with one attached hydrogen (secondary N) is 1. The third-order valence-electron chi connectivity index (χ3n) is 3.04. The van der Waals surface area contributed by atoms with E-state index in [1.807, 2.05) is 13.8 Å². The van der Waals surface area contributed by atoms with E-state index in [9.17, 15) is 18.0 Å². The van der Waals surface area contributed by atoms with Crippen LogP contribution in [0.4, 0.5) is 18.9 Å². The molecule has 2 rings (SSSR count). The van der Waals surface area contributed by atoms with Crippen LogP contribution in [-0.4, -0.2) is 16.1 Å².